The first-order valence-corrected chi connectivity index (χ1v) is 7.88. The fraction of sp³-hybridized carbons (Fsp3) is 0.800. The van der Waals surface area contributed by atoms with Gasteiger partial charge in [-0.1, -0.05) is 38.0 Å². The van der Waals surface area contributed by atoms with E-state index in [9.17, 15) is 4.11 Å². The summed E-state index contributed by atoms with van der Waals surface area (Å²) in [4.78, 5) is 0. The van der Waals surface area contributed by atoms with Crippen molar-refractivity contribution < 1.29 is 4.11 Å². The first kappa shape index (κ1) is 11.9. The van der Waals surface area contributed by atoms with Gasteiger partial charge in [-0.3, -0.25) is 0 Å². The fourth-order valence-electron chi connectivity index (χ4n) is 1.05. The van der Waals surface area contributed by atoms with Crippen molar-refractivity contribution in [2.75, 3.05) is 0 Å². The molecule has 0 fully saturated rings. The van der Waals surface area contributed by atoms with E-state index in [0.29, 0.717) is 0 Å². The van der Waals surface area contributed by atoms with Crippen molar-refractivity contribution in [2.24, 2.45) is 0 Å². The van der Waals surface area contributed by atoms with Gasteiger partial charge in [0.25, 0.3) is 8.41 Å². The first-order chi connectivity index (χ1) is 5.56. The van der Waals surface area contributed by atoms with E-state index in [1.807, 2.05) is 6.08 Å². The van der Waals surface area contributed by atoms with Gasteiger partial charge in [-0.05, 0) is 25.9 Å². The summed E-state index contributed by atoms with van der Waals surface area (Å²) >= 11 is 0. The van der Waals surface area contributed by atoms with E-state index >= 15 is 0 Å². The van der Waals surface area contributed by atoms with E-state index < -0.39 is 8.41 Å². The zero-order valence-corrected chi connectivity index (χ0v) is 9.57. The Hall–Kier alpha value is -0.113. The minimum atomic E-state index is -2.41. The van der Waals surface area contributed by atoms with Crippen LogP contribution in [0.15, 0.2) is 11.8 Å². The largest absolute Gasteiger partial charge is 0.309 e. The van der Waals surface area contributed by atoms with Gasteiger partial charge >= 0.3 is 0 Å². The molecule has 0 saturated carbocycles. The van der Waals surface area contributed by atoms with Crippen molar-refractivity contribution >= 4 is 8.41 Å². The molecule has 0 bridgehead atoms. The molecule has 12 heavy (non-hydrogen) atoms. The van der Waals surface area contributed by atoms with Crippen LogP contribution in [-0.4, -0.2) is 8.41 Å². The van der Waals surface area contributed by atoms with Crippen LogP contribution in [0.3, 0.4) is 0 Å². The van der Waals surface area contributed by atoms with Crippen LogP contribution < -0.4 is 0 Å². The minimum Gasteiger partial charge on any atom is -0.309 e. The molecule has 0 spiro atoms. The number of halogens is 1. The lowest BCUT2D eigenvalue weighted by atomic mass is 10.2. The average Bonchev–Trinajstić information content (AvgIpc) is 1.94. The molecule has 0 N–H and O–H groups in total. The Balaban J connectivity index is 3.25. The van der Waals surface area contributed by atoms with Gasteiger partial charge in [0.1, 0.15) is 0 Å². The van der Waals surface area contributed by atoms with E-state index in [2.05, 4.69) is 6.92 Å². The molecule has 0 aromatic heterocycles. The van der Waals surface area contributed by atoms with Crippen LogP contribution in [0, 0.1) is 0 Å². The number of hydrogen-bond donors (Lipinski definition) is 0. The van der Waals surface area contributed by atoms with Gasteiger partial charge in [0.05, 0.1) is 0 Å². The molecular weight excluding hydrogens is 167 g/mol. The summed E-state index contributed by atoms with van der Waals surface area (Å²) in [7, 11) is -2.41. The lowest BCUT2D eigenvalue weighted by molar-refractivity contribution is 0.674. The number of hydrogen-bond acceptors (Lipinski definition) is 0. The molecule has 0 rings (SSSR count). The number of rotatable bonds is 6. The number of allylic oxidation sites excluding steroid dienone is 1. The summed E-state index contributed by atoms with van der Waals surface area (Å²) in [6.45, 7) is 5.64. The quantitative estimate of drug-likeness (QED) is 0.332. The first-order valence-electron chi connectivity index (χ1n) is 4.93. The Kier molecular flexibility index (Phi) is 6.35. The van der Waals surface area contributed by atoms with Gasteiger partial charge in [0, 0.05) is 0 Å². The third-order valence-corrected chi connectivity index (χ3v) is 2.77. The van der Waals surface area contributed by atoms with Crippen LogP contribution >= 0.6 is 0 Å². The summed E-state index contributed by atoms with van der Waals surface area (Å²) < 4.78 is 13.0. The maximum Gasteiger partial charge on any atom is 0.264 e. The lowest BCUT2D eigenvalue weighted by Gasteiger charge is -2.02. The third kappa shape index (κ3) is 9.89. The standard InChI is InChI=1S/C10H21FSi/c1-4-5-6-7-8-9-10-12(2,3)11/h9-10H,4-8H2,1-3H3/b10-9+. The van der Waals surface area contributed by atoms with Crippen LogP contribution in [0.25, 0.3) is 0 Å². The average molecular weight is 188 g/mol. The normalized spacial score (nSPS) is 12.7. The van der Waals surface area contributed by atoms with E-state index in [-0.39, 0.29) is 0 Å². The highest BCUT2D eigenvalue weighted by Crippen LogP contribution is 2.07. The van der Waals surface area contributed by atoms with Crippen molar-refractivity contribution in [3.05, 3.63) is 11.8 Å². The zero-order chi connectivity index (χ0) is 9.45. The summed E-state index contributed by atoms with van der Waals surface area (Å²) in [5.74, 6) is 0. The topological polar surface area (TPSA) is 0 Å². The van der Waals surface area contributed by atoms with Crippen molar-refractivity contribution in [3.63, 3.8) is 0 Å². The van der Waals surface area contributed by atoms with Crippen LogP contribution in [-0.2, 0) is 0 Å². The molecule has 0 aliphatic rings. The maximum atomic E-state index is 13.0. The smallest absolute Gasteiger partial charge is 0.264 e. The minimum absolute atomic E-state index is 1.06. The highest BCUT2D eigenvalue weighted by molar-refractivity contribution is 6.75. The second-order valence-electron chi connectivity index (χ2n) is 3.82. The Bertz CT molecular complexity index is 124. The van der Waals surface area contributed by atoms with Crippen molar-refractivity contribution in [3.8, 4) is 0 Å². The number of unbranched alkanes of at least 4 members (excludes halogenated alkanes) is 4. The molecule has 0 nitrogen and oxygen atoms in total. The van der Waals surface area contributed by atoms with Gasteiger partial charge in [-0.15, -0.1) is 0 Å². The van der Waals surface area contributed by atoms with Crippen LogP contribution in [0.2, 0.25) is 13.1 Å². The van der Waals surface area contributed by atoms with E-state index in [1.165, 1.54) is 25.7 Å². The van der Waals surface area contributed by atoms with Crippen molar-refractivity contribution in [1.82, 2.24) is 0 Å². The summed E-state index contributed by atoms with van der Waals surface area (Å²) in [6, 6.07) is 0. The predicted octanol–water partition coefficient (Wildman–Crippen LogP) is 4.23. The van der Waals surface area contributed by atoms with Crippen LogP contribution in [0.5, 0.6) is 0 Å². The second-order valence-corrected chi connectivity index (χ2v) is 7.28. The molecule has 2 heteroatoms. The van der Waals surface area contributed by atoms with E-state index in [0.717, 1.165) is 6.42 Å². The molecule has 0 heterocycles. The van der Waals surface area contributed by atoms with Gasteiger partial charge in [-0.25, -0.2) is 0 Å². The molecule has 0 aliphatic carbocycles. The monoisotopic (exact) mass is 188 g/mol. The van der Waals surface area contributed by atoms with Crippen molar-refractivity contribution in [2.45, 2.75) is 52.1 Å². The predicted molar refractivity (Wildman–Crippen MR) is 56.5 cm³/mol. The van der Waals surface area contributed by atoms with Gasteiger partial charge in [0.2, 0.25) is 0 Å². The lowest BCUT2D eigenvalue weighted by Crippen LogP contribution is -2.13. The molecule has 0 atom stereocenters. The Labute approximate surface area is 77.1 Å². The third-order valence-electron chi connectivity index (χ3n) is 1.74. The Morgan fingerprint density at radius 2 is 1.83 bits per heavy atom. The maximum absolute atomic E-state index is 13.0. The van der Waals surface area contributed by atoms with Crippen LogP contribution in [0.1, 0.15) is 39.0 Å². The van der Waals surface area contributed by atoms with Gasteiger partial charge in [-0.2, -0.15) is 0 Å². The molecule has 0 amide bonds. The molecular formula is C10H21FSi. The van der Waals surface area contributed by atoms with Crippen molar-refractivity contribution in [1.29, 1.82) is 0 Å². The molecule has 0 saturated heterocycles. The molecule has 0 aromatic carbocycles. The molecule has 0 unspecified atom stereocenters. The van der Waals surface area contributed by atoms with E-state index in [4.69, 9.17) is 0 Å². The fourth-order valence-corrected chi connectivity index (χ4v) is 1.78. The molecule has 0 aromatic rings. The van der Waals surface area contributed by atoms with E-state index in [1.54, 1.807) is 18.8 Å². The zero-order valence-electron chi connectivity index (χ0n) is 8.57. The Morgan fingerprint density at radius 1 is 1.17 bits per heavy atom. The van der Waals surface area contributed by atoms with Gasteiger partial charge < -0.3 is 4.11 Å². The highest BCUT2D eigenvalue weighted by Gasteiger charge is 2.13. The van der Waals surface area contributed by atoms with Gasteiger partial charge in [0.15, 0.2) is 0 Å². The molecule has 0 radical (unpaired) electrons. The highest BCUT2D eigenvalue weighted by atomic mass is 28.4. The molecule has 72 valence electrons. The summed E-state index contributed by atoms with van der Waals surface area (Å²) in [5.41, 5.74) is 1.79. The summed E-state index contributed by atoms with van der Waals surface area (Å²) in [6.07, 6.45) is 8.16. The molecule has 0 aliphatic heterocycles. The SMILES string of the molecule is CCCCCC/C=C/[Si](C)(C)F. The summed E-state index contributed by atoms with van der Waals surface area (Å²) in [5, 5.41) is 0. The Morgan fingerprint density at radius 3 is 2.33 bits per heavy atom. The second kappa shape index (κ2) is 6.41. The van der Waals surface area contributed by atoms with Crippen LogP contribution in [0.4, 0.5) is 4.11 Å².